The molecular formula is C28H26N10O2. The number of nitrogens with two attached hydrogens (primary N) is 4. The summed E-state index contributed by atoms with van der Waals surface area (Å²) in [4.78, 5) is 24.1. The molecule has 6 aromatic rings. The SMILES string of the molecule is COc1cc2ccccc2cc1-c1nc(N)nc(N)n1.COc1ccc(-c2nc(N)nc(N)n2)c2ccccc12. The van der Waals surface area contributed by atoms with Gasteiger partial charge < -0.3 is 32.4 Å². The second-order valence-corrected chi connectivity index (χ2v) is 8.51. The Morgan fingerprint density at radius 1 is 0.475 bits per heavy atom. The Balaban J connectivity index is 0.000000161. The molecule has 0 bridgehead atoms. The highest BCUT2D eigenvalue weighted by atomic mass is 16.5. The van der Waals surface area contributed by atoms with Crippen molar-refractivity contribution in [2.24, 2.45) is 0 Å². The lowest BCUT2D eigenvalue weighted by atomic mass is 10.0. The number of fused-ring (bicyclic) bond motifs is 2. The van der Waals surface area contributed by atoms with Crippen molar-refractivity contribution in [3.05, 3.63) is 72.8 Å². The van der Waals surface area contributed by atoms with E-state index in [1.807, 2.05) is 72.8 Å². The Hall–Kier alpha value is -5.78. The molecule has 2 heterocycles. The smallest absolute Gasteiger partial charge is 0.225 e. The molecular weight excluding hydrogens is 508 g/mol. The van der Waals surface area contributed by atoms with Crippen LogP contribution in [0.4, 0.5) is 23.8 Å². The average Bonchev–Trinajstić information content (AvgIpc) is 2.95. The molecule has 0 aliphatic rings. The van der Waals surface area contributed by atoms with Crippen LogP contribution >= 0.6 is 0 Å². The lowest BCUT2D eigenvalue weighted by molar-refractivity contribution is 0.416. The second kappa shape index (κ2) is 10.9. The lowest BCUT2D eigenvalue weighted by Crippen LogP contribution is -2.04. The minimum atomic E-state index is 0.0858. The first-order chi connectivity index (χ1) is 19.4. The van der Waals surface area contributed by atoms with Crippen molar-refractivity contribution in [2.45, 2.75) is 0 Å². The number of hydrogen-bond acceptors (Lipinski definition) is 12. The fourth-order valence-electron chi connectivity index (χ4n) is 4.27. The van der Waals surface area contributed by atoms with E-state index in [0.717, 1.165) is 38.4 Å². The zero-order valence-electron chi connectivity index (χ0n) is 21.7. The highest BCUT2D eigenvalue weighted by Crippen LogP contribution is 2.34. The van der Waals surface area contributed by atoms with Gasteiger partial charge in [0, 0.05) is 10.9 Å². The highest BCUT2D eigenvalue weighted by molar-refractivity contribution is 5.99. The molecule has 0 amide bonds. The van der Waals surface area contributed by atoms with E-state index in [2.05, 4.69) is 29.9 Å². The molecule has 0 fully saturated rings. The quantitative estimate of drug-likeness (QED) is 0.256. The van der Waals surface area contributed by atoms with Gasteiger partial charge in [0.05, 0.1) is 19.8 Å². The number of rotatable bonds is 4. The van der Waals surface area contributed by atoms with E-state index in [0.29, 0.717) is 17.4 Å². The topological polar surface area (TPSA) is 200 Å². The van der Waals surface area contributed by atoms with E-state index in [4.69, 9.17) is 32.4 Å². The summed E-state index contributed by atoms with van der Waals surface area (Å²) in [5, 5.41) is 4.07. The van der Waals surface area contributed by atoms with Crippen LogP contribution in [0.2, 0.25) is 0 Å². The molecule has 40 heavy (non-hydrogen) atoms. The molecule has 2 aromatic heterocycles. The Kier molecular flexibility index (Phi) is 7.05. The van der Waals surface area contributed by atoms with Gasteiger partial charge in [0.15, 0.2) is 11.6 Å². The van der Waals surface area contributed by atoms with Gasteiger partial charge in [-0.1, -0.05) is 48.5 Å². The van der Waals surface area contributed by atoms with Crippen LogP contribution in [0.5, 0.6) is 11.5 Å². The number of nitrogens with zero attached hydrogens (tertiary/aromatic N) is 6. The number of ether oxygens (including phenoxy) is 2. The van der Waals surface area contributed by atoms with Crippen LogP contribution in [0.25, 0.3) is 44.3 Å². The third-order valence-electron chi connectivity index (χ3n) is 5.99. The summed E-state index contributed by atoms with van der Waals surface area (Å²) < 4.78 is 10.8. The second-order valence-electron chi connectivity index (χ2n) is 8.51. The summed E-state index contributed by atoms with van der Waals surface area (Å²) in [5.41, 5.74) is 24.1. The van der Waals surface area contributed by atoms with Crippen LogP contribution in [0.1, 0.15) is 0 Å². The van der Waals surface area contributed by atoms with E-state index in [1.165, 1.54) is 0 Å². The summed E-state index contributed by atoms with van der Waals surface area (Å²) in [6.45, 7) is 0. The molecule has 12 nitrogen and oxygen atoms in total. The van der Waals surface area contributed by atoms with Gasteiger partial charge >= 0.3 is 0 Å². The fraction of sp³-hybridized carbons (Fsp3) is 0.0714. The molecule has 0 radical (unpaired) electrons. The van der Waals surface area contributed by atoms with E-state index in [9.17, 15) is 0 Å². The van der Waals surface area contributed by atoms with Gasteiger partial charge in [-0.2, -0.15) is 29.9 Å². The molecule has 0 unspecified atom stereocenters. The van der Waals surface area contributed by atoms with Crippen molar-refractivity contribution >= 4 is 45.3 Å². The lowest BCUT2D eigenvalue weighted by Gasteiger charge is -2.10. The van der Waals surface area contributed by atoms with Gasteiger partial charge in [-0.05, 0) is 40.4 Å². The summed E-state index contributed by atoms with van der Waals surface area (Å²) in [5.74, 6) is 2.68. The largest absolute Gasteiger partial charge is 0.496 e. The maximum atomic E-state index is 5.63. The van der Waals surface area contributed by atoms with Crippen LogP contribution in [-0.2, 0) is 0 Å². The summed E-state index contributed by atoms with van der Waals surface area (Å²) in [6.07, 6.45) is 0. The van der Waals surface area contributed by atoms with Gasteiger partial charge in [0.1, 0.15) is 11.5 Å². The van der Waals surface area contributed by atoms with Crippen LogP contribution in [0.15, 0.2) is 72.8 Å². The maximum Gasteiger partial charge on any atom is 0.225 e. The predicted molar refractivity (Wildman–Crippen MR) is 156 cm³/mol. The molecule has 200 valence electrons. The Labute approximate surface area is 229 Å². The number of hydrogen-bond donors (Lipinski definition) is 4. The number of anilines is 4. The van der Waals surface area contributed by atoms with Crippen molar-refractivity contribution in [1.82, 2.24) is 29.9 Å². The first-order valence-corrected chi connectivity index (χ1v) is 12.0. The third-order valence-corrected chi connectivity index (χ3v) is 5.99. The number of methoxy groups -OCH3 is 2. The number of nitrogen functional groups attached to an aromatic ring is 4. The first-order valence-electron chi connectivity index (χ1n) is 12.0. The molecule has 0 saturated carbocycles. The minimum Gasteiger partial charge on any atom is -0.496 e. The summed E-state index contributed by atoms with van der Waals surface area (Å²) >= 11 is 0. The van der Waals surface area contributed by atoms with Crippen molar-refractivity contribution < 1.29 is 9.47 Å². The Morgan fingerprint density at radius 2 is 0.950 bits per heavy atom. The van der Waals surface area contributed by atoms with Gasteiger partial charge in [-0.15, -0.1) is 0 Å². The van der Waals surface area contributed by atoms with Crippen molar-refractivity contribution in [3.8, 4) is 34.3 Å². The fourth-order valence-corrected chi connectivity index (χ4v) is 4.27. The summed E-state index contributed by atoms with van der Waals surface area (Å²) in [7, 11) is 3.24. The van der Waals surface area contributed by atoms with Crippen molar-refractivity contribution in [2.75, 3.05) is 37.2 Å². The molecule has 0 saturated heterocycles. The van der Waals surface area contributed by atoms with Crippen LogP contribution < -0.4 is 32.4 Å². The maximum absolute atomic E-state index is 5.63. The molecule has 0 aliphatic heterocycles. The molecule has 0 atom stereocenters. The molecule has 12 heteroatoms. The molecule has 4 aromatic carbocycles. The molecule has 0 aliphatic carbocycles. The van der Waals surface area contributed by atoms with Gasteiger partial charge in [0.25, 0.3) is 0 Å². The number of aromatic nitrogens is 6. The van der Waals surface area contributed by atoms with Gasteiger partial charge in [-0.3, -0.25) is 0 Å². The van der Waals surface area contributed by atoms with Crippen molar-refractivity contribution in [1.29, 1.82) is 0 Å². The Bertz CT molecular complexity index is 1800. The van der Waals surface area contributed by atoms with E-state index >= 15 is 0 Å². The molecule has 8 N–H and O–H groups in total. The summed E-state index contributed by atoms with van der Waals surface area (Å²) in [6, 6.07) is 23.4. The molecule has 0 spiro atoms. The standard InChI is InChI=1S/2C14H13N5O/c1-20-11-7-9-5-3-2-4-8(9)6-10(11)12-17-13(15)19-14(16)18-12;1-20-11-7-6-10(8-4-2-3-5-9(8)11)12-17-13(15)19-14(16)18-12/h2*2-7H,1H3,(H4,15,16,17,18,19). The molecule has 6 rings (SSSR count). The number of benzene rings is 4. The highest BCUT2D eigenvalue weighted by Gasteiger charge is 2.13. The van der Waals surface area contributed by atoms with E-state index in [1.54, 1.807) is 14.2 Å². The zero-order valence-corrected chi connectivity index (χ0v) is 21.7. The monoisotopic (exact) mass is 534 g/mol. The van der Waals surface area contributed by atoms with E-state index < -0.39 is 0 Å². The predicted octanol–water partition coefficient (Wildman–Crippen LogP) is 3.73. The van der Waals surface area contributed by atoms with E-state index in [-0.39, 0.29) is 23.8 Å². The minimum absolute atomic E-state index is 0.0858. The Morgan fingerprint density at radius 3 is 1.50 bits per heavy atom. The average molecular weight is 535 g/mol. The van der Waals surface area contributed by atoms with Crippen molar-refractivity contribution in [3.63, 3.8) is 0 Å². The zero-order chi connectivity index (χ0) is 28.2. The van der Waals surface area contributed by atoms with Gasteiger partial charge in [0.2, 0.25) is 23.8 Å². The normalized spacial score (nSPS) is 10.7. The van der Waals surface area contributed by atoms with Crippen LogP contribution in [0, 0.1) is 0 Å². The van der Waals surface area contributed by atoms with Crippen LogP contribution in [-0.4, -0.2) is 44.1 Å². The third kappa shape index (κ3) is 5.27. The first kappa shape index (κ1) is 25.9. The van der Waals surface area contributed by atoms with Crippen LogP contribution in [0.3, 0.4) is 0 Å². The van der Waals surface area contributed by atoms with Gasteiger partial charge in [-0.25, -0.2) is 0 Å².